The number of nitrogens with zero attached hydrogens (tertiary/aromatic N) is 2. The zero-order chi connectivity index (χ0) is 14.2. The van der Waals surface area contributed by atoms with Gasteiger partial charge in [0.2, 0.25) is 0 Å². The number of aliphatic hydroxyl groups excluding tert-OH is 1. The van der Waals surface area contributed by atoms with Crippen LogP contribution in [0.2, 0.25) is 5.15 Å². The van der Waals surface area contributed by atoms with Crippen LogP contribution in [0.5, 0.6) is 5.75 Å². The molecule has 0 bridgehead atoms. The van der Waals surface area contributed by atoms with Gasteiger partial charge in [-0.1, -0.05) is 23.2 Å². The Bertz CT molecular complexity index is 608. The Morgan fingerprint density at radius 1 is 1.37 bits per heavy atom. The Morgan fingerprint density at radius 3 is 2.58 bits per heavy atom. The minimum atomic E-state index is -0.851. The Labute approximate surface area is 117 Å². The first kappa shape index (κ1) is 13.9. The summed E-state index contributed by atoms with van der Waals surface area (Å²) in [4.78, 5) is 0. The van der Waals surface area contributed by atoms with Gasteiger partial charge < -0.3 is 9.84 Å². The quantitative estimate of drug-likeness (QED) is 0.940. The zero-order valence-corrected chi connectivity index (χ0v) is 12.2. The summed E-state index contributed by atoms with van der Waals surface area (Å²) in [5, 5.41) is 15.2. The van der Waals surface area contributed by atoms with Crippen molar-refractivity contribution >= 4 is 11.6 Å². The standard InChI is InChI=1S/C14H17ClN2O2/c1-8-5-6-11(19-4)10(7-8)13(18)12-9(2)16-17(3)14(12)15/h5-7,13,18H,1-4H3. The number of benzene rings is 1. The number of methoxy groups -OCH3 is 1. The molecule has 1 heterocycles. The molecule has 1 atom stereocenters. The average molecular weight is 281 g/mol. The van der Waals surface area contributed by atoms with Gasteiger partial charge in [0.25, 0.3) is 0 Å². The lowest BCUT2D eigenvalue weighted by atomic mass is 9.99. The van der Waals surface area contributed by atoms with Crippen molar-refractivity contribution in [2.45, 2.75) is 20.0 Å². The molecule has 0 aliphatic heterocycles. The molecule has 2 aromatic rings. The Balaban J connectivity index is 2.55. The van der Waals surface area contributed by atoms with Crippen molar-refractivity contribution in [3.63, 3.8) is 0 Å². The summed E-state index contributed by atoms with van der Waals surface area (Å²) in [5.41, 5.74) is 3.07. The van der Waals surface area contributed by atoms with Crippen molar-refractivity contribution in [2.24, 2.45) is 7.05 Å². The maximum atomic E-state index is 10.6. The number of aliphatic hydroxyl groups is 1. The topological polar surface area (TPSA) is 47.3 Å². The van der Waals surface area contributed by atoms with Gasteiger partial charge in [0, 0.05) is 18.2 Å². The molecule has 19 heavy (non-hydrogen) atoms. The van der Waals surface area contributed by atoms with E-state index in [1.165, 1.54) is 0 Å². The minimum Gasteiger partial charge on any atom is -0.496 e. The molecule has 1 unspecified atom stereocenters. The first-order valence-corrected chi connectivity index (χ1v) is 6.35. The van der Waals surface area contributed by atoms with Crippen LogP contribution >= 0.6 is 11.6 Å². The highest BCUT2D eigenvalue weighted by atomic mass is 35.5. The van der Waals surface area contributed by atoms with E-state index in [1.54, 1.807) is 18.8 Å². The molecule has 2 rings (SSSR count). The molecule has 0 aliphatic carbocycles. The highest BCUT2D eigenvalue weighted by Crippen LogP contribution is 2.35. The van der Waals surface area contributed by atoms with Gasteiger partial charge in [0.05, 0.1) is 12.8 Å². The normalized spacial score (nSPS) is 12.5. The van der Waals surface area contributed by atoms with Gasteiger partial charge in [-0.25, -0.2) is 0 Å². The number of halogens is 1. The maximum absolute atomic E-state index is 10.6. The molecule has 4 nitrogen and oxygen atoms in total. The van der Waals surface area contributed by atoms with Crippen molar-refractivity contribution in [3.8, 4) is 5.75 Å². The van der Waals surface area contributed by atoms with Crippen LogP contribution in [0.15, 0.2) is 18.2 Å². The summed E-state index contributed by atoms with van der Waals surface area (Å²) in [6, 6.07) is 5.67. The van der Waals surface area contributed by atoms with E-state index in [0.29, 0.717) is 27.7 Å². The lowest BCUT2D eigenvalue weighted by Gasteiger charge is -2.15. The van der Waals surface area contributed by atoms with Crippen LogP contribution in [0.25, 0.3) is 0 Å². The smallest absolute Gasteiger partial charge is 0.133 e. The second kappa shape index (κ2) is 5.23. The lowest BCUT2D eigenvalue weighted by molar-refractivity contribution is 0.214. The summed E-state index contributed by atoms with van der Waals surface area (Å²) >= 11 is 6.19. The van der Waals surface area contributed by atoms with Gasteiger partial charge in [-0.05, 0) is 26.0 Å². The molecule has 0 fully saturated rings. The summed E-state index contributed by atoms with van der Waals surface area (Å²) in [6.45, 7) is 3.79. The van der Waals surface area contributed by atoms with Crippen LogP contribution in [-0.2, 0) is 7.05 Å². The largest absolute Gasteiger partial charge is 0.496 e. The summed E-state index contributed by atoms with van der Waals surface area (Å²) < 4.78 is 6.85. The lowest BCUT2D eigenvalue weighted by Crippen LogP contribution is -2.04. The van der Waals surface area contributed by atoms with Crippen LogP contribution in [0.4, 0.5) is 0 Å². The van der Waals surface area contributed by atoms with Crippen molar-refractivity contribution in [1.82, 2.24) is 9.78 Å². The highest BCUT2D eigenvalue weighted by Gasteiger charge is 2.23. The number of ether oxygens (including phenoxy) is 1. The third-order valence-corrected chi connectivity index (χ3v) is 3.60. The fourth-order valence-corrected chi connectivity index (χ4v) is 2.46. The van der Waals surface area contributed by atoms with Gasteiger partial charge in [-0.2, -0.15) is 5.10 Å². The molecule has 1 aromatic carbocycles. The zero-order valence-electron chi connectivity index (χ0n) is 11.4. The monoisotopic (exact) mass is 280 g/mol. The van der Waals surface area contributed by atoms with E-state index in [0.717, 1.165) is 5.56 Å². The molecule has 0 amide bonds. The first-order valence-electron chi connectivity index (χ1n) is 5.97. The molecule has 0 saturated carbocycles. The molecule has 0 aliphatic rings. The second-order valence-corrected chi connectivity index (χ2v) is 4.92. The van der Waals surface area contributed by atoms with Crippen molar-refractivity contribution in [1.29, 1.82) is 0 Å². The number of rotatable bonds is 3. The highest BCUT2D eigenvalue weighted by molar-refractivity contribution is 6.30. The van der Waals surface area contributed by atoms with Crippen molar-refractivity contribution < 1.29 is 9.84 Å². The number of hydrogen-bond donors (Lipinski definition) is 1. The van der Waals surface area contributed by atoms with Gasteiger partial charge in [-0.3, -0.25) is 4.68 Å². The van der Waals surface area contributed by atoms with Crippen molar-refractivity contribution in [3.05, 3.63) is 45.7 Å². The van der Waals surface area contributed by atoms with E-state index in [-0.39, 0.29) is 0 Å². The van der Waals surface area contributed by atoms with E-state index in [9.17, 15) is 5.11 Å². The fourth-order valence-electron chi connectivity index (χ4n) is 2.18. The van der Waals surface area contributed by atoms with Crippen LogP contribution in [0.3, 0.4) is 0 Å². The second-order valence-electron chi connectivity index (χ2n) is 4.56. The fraction of sp³-hybridized carbons (Fsp3) is 0.357. The molecule has 0 saturated heterocycles. The van der Waals surface area contributed by atoms with E-state index in [4.69, 9.17) is 16.3 Å². The predicted molar refractivity (Wildman–Crippen MR) is 74.7 cm³/mol. The number of aromatic nitrogens is 2. The first-order chi connectivity index (χ1) is 8.95. The summed E-state index contributed by atoms with van der Waals surface area (Å²) in [5.74, 6) is 0.636. The molecular weight excluding hydrogens is 264 g/mol. The summed E-state index contributed by atoms with van der Waals surface area (Å²) in [7, 11) is 3.33. The van der Waals surface area contributed by atoms with Crippen LogP contribution in [-0.4, -0.2) is 22.0 Å². The van der Waals surface area contributed by atoms with Gasteiger partial charge in [0.1, 0.15) is 17.0 Å². The summed E-state index contributed by atoms with van der Waals surface area (Å²) in [6.07, 6.45) is -0.851. The number of hydrogen-bond acceptors (Lipinski definition) is 3. The van der Waals surface area contributed by atoms with Gasteiger partial charge in [0.15, 0.2) is 0 Å². The SMILES string of the molecule is COc1ccc(C)cc1C(O)c1c(C)nn(C)c1Cl. The molecule has 1 N–H and O–H groups in total. The molecular formula is C14H17ClN2O2. The van der Waals surface area contributed by atoms with Crippen LogP contribution in [0, 0.1) is 13.8 Å². The van der Waals surface area contributed by atoms with E-state index < -0.39 is 6.10 Å². The average Bonchev–Trinajstić information content (AvgIpc) is 2.62. The number of aryl methyl sites for hydroxylation is 3. The maximum Gasteiger partial charge on any atom is 0.133 e. The third kappa shape index (κ3) is 2.46. The molecule has 5 heteroatoms. The Morgan fingerprint density at radius 2 is 2.05 bits per heavy atom. The third-order valence-electron chi connectivity index (χ3n) is 3.15. The van der Waals surface area contributed by atoms with Gasteiger partial charge in [-0.15, -0.1) is 0 Å². The van der Waals surface area contributed by atoms with Crippen LogP contribution < -0.4 is 4.74 Å². The van der Waals surface area contributed by atoms with E-state index >= 15 is 0 Å². The predicted octanol–water partition coefficient (Wildman–Crippen LogP) is 2.78. The molecule has 0 spiro atoms. The van der Waals surface area contributed by atoms with Crippen LogP contribution in [0.1, 0.15) is 28.5 Å². The molecule has 0 radical (unpaired) electrons. The van der Waals surface area contributed by atoms with E-state index in [1.807, 2.05) is 32.0 Å². The minimum absolute atomic E-state index is 0.438. The van der Waals surface area contributed by atoms with Crippen molar-refractivity contribution in [2.75, 3.05) is 7.11 Å². The molecule has 1 aromatic heterocycles. The van der Waals surface area contributed by atoms with E-state index in [2.05, 4.69) is 5.10 Å². The van der Waals surface area contributed by atoms with Gasteiger partial charge >= 0.3 is 0 Å². The molecule has 102 valence electrons. The Kier molecular flexibility index (Phi) is 3.83. The Hall–Kier alpha value is -1.52.